The summed E-state index contributed by atoms with van der Waals surface area (Å²) in [4.78, 5) is 10.2. The molecule has 1 rings (SSSR count). The Kier molecular flexibility index (Phi) is 5.34. The summed E-state index contributed by atoms with van der Waals surface area (Å²) in [6, 6.07) is 3.99. The number of rotatable bonds is 7. The Balaban J connectivity index is 2.93. The maximum Gasteiger partial charge on any atom is 0.275 e. The predicted octanol–water partition coefficient (Wildman–Crippen LogP) is 1.02. The van der Waals surface area contributed by atoms with E-state index >= 15 is 0 Å². The summed E-state index contributed by atoms with van der Waals surface area (Å²) in [5.74, 6) is 0.376. The number of hydrogen-bond donors (Lipinski definition) is 2. The molecule has 0 saturated carbocycles. The van der Waals surface area contributed by atoms with Crippen molar-refractivity contribution in [1.29, 1.82) is 0 Å². The number of aliphatic hydroxyl groups is 1. The maximum absolute atomic E-state index is 10.8. The number of non-ortho nitro benzene ring substituents is 1. The lowest BCUT2D eigenvalue weighted by atomic mass is 10.2. The van der Waals surface area contributed by atoms with Gasteiger partial charge in [0.25, 0.3) is 5.69 Å². The van der Waals surface area contributed by atoms with Crippen molar-refractivity contribution in [1.82, 2.24) is 0 Å². The van der Waals surface area contributed by atoms with Crippen LogP contribution in [-0.2, 0) is 4.74 Å². The fraction of sp³-hybridized carbons (Fsp3) is 0.455. The molecule has 7 nitrogen and oxygen atoms in total. The summed E-state index contributed by atoms with van der Waals surface area (Å²) in [7, 11) is 2.94. The highest BCUT2D eigenvalue weighted by atomic mass is 16.6. The molecule has 0 aliphatic carbocycles. The van der Waals surface area contributed by atoms with Crippen molar-refractivity contribution in [3.8, 4) is 5.75 Å². The van der Waals surface area contributed by atoms with Crippen molar-refractivity contribution in [2.45, 2.75) is 6.04 Å². The molecule has 0 spiro atoms. The molecule has 1 aromatic carbocycles. The molecule has 0 aliphatic heterocycles. The molecule has 0 heterocycles. The molecule has 1 atom stereocenters. The van der Waals surface area contributed by atoms with Crippen LogP contribution in [0, 0.1) is 10.1 Å². The van der Waals surface area contributed by atoms with E-state index in [4.69, 9.17) is 14.6 Å². The number of anilines is 1. The lowest BCUT2D eigenvalue weighted by Gasteiger charge is -2.16. The Bertz CT molecular complexity index is 410. The first-order valence-corrected chi connectivity index (χ1v) is 5.30. The monoisotopic (exact) mass is 256 g/mol. The van der Waals surface area contributed by atoms with Gasteiger partial charge in [-0.3, -0.25) is 10.1 Å². The summed E-state index contributed by atoms with van der Waals surface area (Å²) in [5.41, 5.74) is 0.420. The molecule has 0 amide bonds. The van der Waals surface area contributed by atoms with E-state index in [0.29, 0.717) is 18.0 Å². The van der Waals surface area contributed by atoms with E-state index in [0.717, 1.165) is 0 Å². The van der Waals surface area contributed by atoms with E-state index in [9.17, 15) is 10.1 Å². The van der Waals surface area contributed by atoms with Gasteiger partial charge in [-0.15, -0.1) is 0 Å². The summed E-state index contributed by atoms with van der Waals surface area (Å²) in [6.07, 6.45) is 0. The molecular formula is C11H16N2O5. The quantitative estimate of drug-likeness (QED) is 0.559. The highest BCUT2D eigenvalue weighted by Gasteiger charge is 2.13. The average molecular weight is 256 g/mol. The smallest absolute Gasteiger partial charge is 0.275 e. The van der Waals surface area contributed by atoms with Crippen LogP contribution in [0.4, 0.5) is 11.4 Å². The molecular weight excluding hydrogens is 240 g/mol. The minimum absolute atomic E-state index is 0.0778. The normalized spacial score (nSPS) is 11.9. The van der Waals surface area contributed by atoms with Crippen LogP contribution in [0.2, 0.25) is 0 Å². The van der Waals surface area contributed by atoms with Crippen molar-refractivity contribution in [3.05, 3.63) is 28.3 Å². The van der Waals surface area contributed by atoms with Crippen molar-refractivity contribution in [3.63, 3.8) is 0 Å². The lowest BCUT2D eigenvalue weighted by molar-refractivity contribution is -0.384. The fourth-order valence-electron chi connectivity index (χ4n) is 1.47. The van der Waals surface area contributed by atoms with E-state index in [1.54, 1.807) is 6.07 Å². The third kappa shape index (κ3) is 3.86. The van der Waals surface area contributed by atoms with Gasteiger partial charge < -0.3 is 19.9 Å². The average Bonchev–Trinajstić information content (AvgIpc) is 2.37. The second-order valence-electron chi connectivity index (χ2n) is 3.66. The van der Waals surface area contributed by atoms with Gasteiger partial charge in [0.15, 0.2) is 0 Å². The number of nitro groups is 1. The number of ether oxygens (including phenoxy) is 2. The van der Waals surface area contributed by atoms with Gasteiger partial charge in [0.1, 0.15) is 5.75 Å². The number of nitro benzene ring substituents is 1. The summed E-state index contributed by atoms with van der Waals surface area (Å²) in [6.45, 7) is 0.153. The topological polar surface area (TPSA) is 93.9 Å². The SMILES string of the molecule is COCC(CO)Nc1cc(OC)cc([N+](=O)[O-])c1. The van der Waals surface area contributed by atoms with Crippen molar-refractivity contribution in [2.75, 3.05) is 32.8 Å². The Labute approximate surface area is 104 Å². The number of benzene rings is 1. The molecule has 0 fully saturated rings. The van der Waals surface area contributed by atoms with Gasteiger partial charge in [-0.25, -0.2) is 0 Å². The van der Waals surface area contributed by atoms with Crippen molar-refractivity contribution < 1.29 is 19.5 Å². The van der Waals surface area contributed by atoms with Crippen LogP contribution >= 0.6 is 0 Å². The Morgan fingerprint density at radius 2 is 2.17 bits per heavy atom. The third-order valence-electron chi connectivity index (χ3n) is 2.30. The molecule has 1 aromatic rings. The molecule has 0 radical (unpaired) electrons. The molecule has 2 N–H and O–H groups in total. The Morgan fingerprint density at radius 3 is 2.67 bits per heavy atom. The fourth-order valence-corrected chi connectivity index (χ4v) is 1.47. The highest BCUT2D eigenvalue weighted by Crippen LogP contribution is 2.26. The first-order valence-electron chi connectivity index (χ1n) is 5.30. The van der Waals surface area contributed by atoms with Crippen LogP contribution in [0.5, 0.6) is 5.75 Å². The number of hydrogen-bond acceptors (Lipinski definition) is 6. The maximum atomic E-state index is 10.8. The van der Waals surface area contributed by atoms with E-state index in [1.165, 1.54) is 26.4 Å². The van der Waals surface area contributed by atoms with Gasteiger partial charge in [-0.2, -0.15) is 0 Å². The van der Waals surface area contributed by atoms with Gasteiger partial charge in [0.05, 0.1) is 37.4 Å². The second kappa shape index (κ2) is 6.77. The van der Waals surface area contributed by atoms with E-state index in [1.807, 2.05) is 0 Å². The zero-order chi connectivity index (χ0) is 13.5. The summed E-state index contributed by atoms with van der Waals surface area (Å²) in [5, 5.41) is 22.8. The van der Waals surface area contributed by atoms with E-state index in [-0.39, 0.29) is 18.3 Å². The second-order valence-corrected chi connectivity index (χ2v) is 3.66. The van der Waals surface area contributed by atoms with Crippen molar-refractivity contribution in [2.24, 2.45) is 0 Å². The van der Waals surface area contributed by atoms with Crippen LogP contribution in [0.15, 0.2) is 18.2 Å². The Morgan fingerprint density at radius 1 is 1.44 bits per heavy atom. The first-order chi connectivity index (χ1) is 8.60. The molecule has 1 unspecified atom stereocenters. The predicted molar refractivity (Wildman–Crippen MR) is 66.0 cm³/mol. The standard InChI is InChI=1S/C11H16N2O5/c1-17-7-9(6-14)12-8-3-10(13(15)16)5-11(4-8)18-2/h3-5,9,12,14H,6-7H2,1-2H3. The summed E-state index contributed by atoms with van der Waals surface area (Å²) < 4.78 is 9.90. The van der Waals surface area contributed by atoms with Gasteiger partial charge in [-0.1, -0.05) is 0 Å². The molecule has 100 valence electrons. The van der Waals surface area contributed by atoms with Gasteiger partial charge in [0.2, 0.25) is 0 Å². The summed E-state index contributed by atoms with van der Waals surface area (Å²) >= 11 is 0. The van der Waals surface area contributed by atoms with E-state index < -0.39 is 4.92 Å². The first kappa shape index (κ1) is 14.2. The van der Waals surface area contributed by atoms with Gasteiger partial charge in [0, 0.05) is 24.9 Å². The van der Waals surface area contributed by atoms with Crippen LogP contribution in [0.3, 0.4) is 0 Å². The van der Waals surface area contributed by atoms with Crippen LogP contribution in [-0.4, -0.2) is 43.5 Å². The van der Waals surface area contributed by atoms with Gasteiger partial charge in [-0.05, 0) is 0 Å². The zero-order valence-electron chi connectivity index (χ0n) is 10.3. The number of nitrogens with one attached hydrogen (secondary N) is 1. The lowest BCUT2D eigenvalue weighted by Crippen LogP contribution is -2.28. The number of nitrogens with zero attached hydrogens (tertiary/aromatic N) is 1. The molecule has 0 aromatic heterocycles. The number of aliphatic hydroxyl groups excluding tert-OH is 1. The molecule has 18 heavy (non-hydrogen) atoms. The number of methoxy groups -OCH3 is 2. The van der Waals surface area contributed by atoms with Crippen LogP contribution in [0.25, 0.3) is 0 Å². The minimum atomic E-state index is -0.502. The third-order valence-corrected chi connectivity index (χ3v) is 2.30. The minimum Gasteiger partial charge on any atom is -0.496 e. The molecule has 0 bridgehead atoms. The van der Waals surface area contributed by atoms with Crippen LogP contribution in [0.1, 0.15) is 0 Å². The highest BCUT2D eigenvalue weighted by molar-refractivity contribution is 5.56. The molecule has 0 aliphatic rings. The van der Waals surface area contributed by atoms with Gasteiger partial charge >= 0.3 is 0 Å². The van der Waals surface area contributed by atoms with E-state index in [2.05, 4.69) is 5.32 Å². The van der Waals surface area contributed by atoms with Crippen LogP contribution < -0.4 is 10.1 Å². The molecule has 7 heteroatoms. The zero-order valence-corrected chi connectivity index (χ0v) is 10.3. The largest absolute Gasteiger partial charge is 0.496 e. The van der Waals surface area contributed by atoms with Crippen molar-refractivity contribution >= 4 is 11.4 Å². The molecule has 0 saturated heterocycles. The Hall–Kier alpha value is -1.86.